The van der Waals surface area contributed by atoms with Gasteiger partial charge in [0.1, 0.15) is 0 Å². The number of anilines is 3. The number of methoxy groups -OCH3 is 1. The topological polar surface area (TPSA) is 36.0 Å². The Labute approximate surface area is 160 Å². The lowest BCUT2D eigenvalue weighted by molar-refractivity contribution is -0.137. The second-order valence-electron chi connectivity index (χ2n) is 6.91. The maximum absolute atomic E-state index is 12.9. The molecule has 2 heterocycles. The van der Waals surface area contributed by atoms with Crippen LogP contribution < -0.4 is 9.80 Å². The molecule has 4 rings (SSSR count). The van der Waals surface area contributed by atoms with Crippen molar-refractivity contribution in [2.24, 2.45) is 0 Å². The van der Waals surface area contributed by atoms with Crippen LogP contribution in [-0.2, 0) is 10.9 Å². The van der Waals surface area contributed by atoms with Gasteiger partial charge in [-0.15, -0.1) is 0 Å². The van der Waals surface area contributed by atoms with Gasteiger partial charge >= 0.3 is 12.3 Å². The van der Waals surface area contributed by atoms with Gasteiger partial charge in [-0.05, 0) is 36.4 Å². The molecular formula is C20H20F3N3O2. The van der Waals surface area contributed by atoms with Gasteiger partial charge in [-0.3, -0.25) is 0 Å². The molecule has 8 heteroatoms. The fourth-order valence-electron chi connectivity index (χ4n) is 3.94. The molecule has 1 fully saturated rings. The third-order valence-corrected chi connectivity index (χ3v) is 5.30. The lowest BCUT2D eigenvalue weighted by Crippen LogP contribution is -2.60. The van der Waals surface area contributed by atoms with Crippen LogP contribution in [0.3, 0.4) is 0 Å². The molecule has 2 aliphatic rings. The highest BCUT2D eigenvalue weighted by Gasteiger charge is 2.37. The van der Waals surface area contributed by atoms with E-state index in [1.807, 2.05) is 29.2 Å². The van der Waals surface area contributed by atoms with Crippen molar-refractivity contribution in [3.63, 3.8) is 0 Å². The number of piperazine rings is 1. The number of amides is 1. The molecule has 0 aliphatic carbocycles. The number of benzene rings is 2. The summed E-state index contributed by atoms with van der Waals surface area (Å²) in [5.74, 6) is 0. The first kappa shape index (κ1) is 18.5. The number of ether oxygens (including phenoxy) is 1. The third kappa shape index (κ3) is 3.23. The smallest absolute Gasteiger partial charge is 0.416 e. The van der Waals surface area contributed by atoms with Crippen molar-refractivity contribution in [1.29, 1.82) is 0 Å². The molecule has 0 aromatic heterocycles. The molecule has 28 heavy (non-hydrogen) atoms. The minimum atomic E-state index is -4.36. The average Bonchev–Trinajstić information content (AvgIpc) is 2.71. The number of hydrogen-bond donors (Lipinski definition) is 0. The van der Waals surface area contributed by atoms with E-state index in [-0.39, 0.29) is 12.1 Å². The number of fused-ring (bicyclic) bond motifs is 3. The van der Waals surface area contributed by atoms with Crippen LogP contribution in [0.1, 0.15) is 5.56 Å². The minimum Gasteiger partial charge on any atom is -0.453 e. The quantitative estimate of drug-likeness (QED) is 0.733. The fourth-order valence-corrected chi connectivity index (χ4v) is 3.94. The summed E-state index contributed by atoms with van der Waals surface area (Å²) in [6.45, 7) is 2.31. The van der Waals surface area contributed by atoms with Gasteiger partial charge in [-0.2, -0.15) is 13.2 Å². The Kier molecular flexibility index (Phi) is 4.56. The van der Waals surface area contributed by atoms with E-state index >= 15 is 0 Å². The van der Waals surface area contributed by atoms with Crippen LogP contribution in [0.5, 0.6) is 0 Å². The molecule has 0 spiro atoms. The third-order valence-electron chi connectivity index (χ3n) is 5.30. The van der Waals surface area contributed by atoms with Crippen LogP contribution in [0.15, 0.2) is 48.5 Å². The van der Waals surface area contributed by atoms with E-state index < -0.39 is 11.7 Å². The second-order valence-corrected chi connectivity index (χ2v) is 6.91. The van der Waals surface area contributed by atoms with Crippen molar-refractivity contribution in [1.82, 2.24) is 4.90 Å². The summed E-state index contributed by atoms with van der Waals surface area (Å²) in [5.41, 5.74) is 1.99. The van der Waals surface area contributed by atoms with Gasteiger partial charge in [0, 0.05) is 31.9 Å². The summed E-state index contributed by atoms with van der Waals surface area (Å²) in [4.78, 5) is 17.9. The number of rotatable bonds is 1. The second kappa shape index (κ2) is 6.92. The number of nitrogens with zero attached hydrogens (tertiary/aromatic N) is 3. The summed E-state index contributed by atoms with van der Waals surface area (Å²) < 4.78 is 43.6. The lowest BCUT2D eigenvalue weighted by Gasteiger charge is -2.49. The molecule has 0 bridgehead atoms. The zero-order valence-corrected chi connectivity index (χ0v) is 15.3. The predicted octanol–water partition coefficient (Wildman–Crippen LogP) is 4.11. The van der Waals surface area contributed by atoms with Crippen molar-refractivity contribution < 1.29 is 22.7 Å². The van der Waals surface area contributed by atoms with Crippen molar-refractivity contribution in [2.45, 2.75) is 12.2 Å². The maximum Gasteiger partial charge on any atom is 0.416 e. The number of halogens is 3. The van der Waals surface area contributed by atoms with Crippen molar-refractivity contribution in [3.05, 3.63) is 54.1 Å². The highest BCUT2D eigenvalue weighted by molar-refractivity contribution is 5.80. The molecule has 2 aliphatic heterocycles. The Bertz CT molecular complexity index is 870. The molecule has 0 saturated carbocycles. The Balaban J connectivity index is 1.67. The van der Waals surface area contributed by atoms with Crippen LogP contribution >= 0.6 is 0 Å². The van der Waals surface area contributed by atoms with E-state index in [0.29, 0.717) is 31.9 Å². The van der Waals surface area contributed by atoms with Gasteiger partial charge in [-0.1, -0.05) is 12.1 Å². The average molecular weight is 391 g/mol. The number of para-hydroxylation sites is 2. The molecule has 1 amide bonds. The molecule has 1 saturated heterocycles. The largest absolute Gasteiger partial charge is 0.453 e. The van der Waals surface area contributed by atoms with Crippen molar-refractivity contribution >= 4 is 23.2 Å². The number of alkyl halides is 3. The number of carbonyl (C=O) groups excluding carboxylic acids is 1. The van der Waals surface area contributed by atoms with Crippen LogP contribution in [0.2, 0.25) is 0 Å². The monoisotopic (exact) mass is 391 g/mol. The maximum atomic E-state index is 12.9. The minimum absolute atomic E-state index is 0.0186. The first-order valence-corrected chi connectivity index (χ1v) is 9.02. The Hall–Kier alpha value is -2.90. The number of hydrogen-bond acceptors (Lipinski definition) is 4. The molecule has 5 nitrogen and oxygen atoms in total. The highest BCUT2D eigenvalue weighted by Crippen LogP contribution is 2.41. The van der Waals surface area contributed by atoms with E-state index in [0.717, 1.165) is 23.5 Å². The molecule has 1 atom stereocenters. The van der Waals surface area contributed by atoms with Gasteiger partial charge < -0.3 is 19.4 Å². The molecule has 2 aromatic rings. The zero-order chi connectivity index (χ0) is 19.9. The van der Waals surface area contributed by atoms with Gasteiger partial charge in [0.25, 0.3) is 0 Å². The Morgan fingerprint density at radius 1 is 1.00 bits per heavy atom. The summed E-state index contributed by atoms with van der Waals surface area (Å²) in [6.07, 6.45) is -4.72. The van der Waals surface area contributed by atoms with Gasteiger partial charge in [0.05, 0.1) is 30.1 Å². The first-order valence-electron chi connectivity index (χ1n) is 9.02. The standard InChI is InChI=1S/C20H20F3N3O2/c1-28-19(27)24-10-11-25-16(12-24)13-26(18-5-3-2-4-17(18)25)15-8-6-14(7-9-15)20(21,22)23/h2-9,16H,10-13H2,1H3. The van der Waals surface area contributed by atoms with Gasteiger partial charge in [-0.25, -0.2) is 4.79 Å². The summed E-state index contributed by atoms with van der Waals surface area (Å²) in [5, 5.41) is 0. The van der Waals surface area contributed by atoms with Gasteiger partial charge in [0.15, 0.2) is 0 Å². The summed E-state index contributed by atoms with van der Waals surface area (Å²) in [6, 6.07) is 13.1. The van der Waals surface area contributed by atoms with Gasteiger partial charge in [0.2, 0.25) is 0 Å². The predicted molar refractivity (Wildman–Crippen MR) is 100 cm³/mol. The fraction of sp³-hybridized carbons (Fsp3) is 0.350. The van der Waals surface area contributed by atoms with Crippen LogP contribution in [0, 0.1) is 0 Å². The Morgan fingerprint density at radius 3 is 2.32 bits per heavy atom. The van der Waals surface area contributed by atoms with E-state index in [9.17, 15) is 18.0 Å². The van der Waals surface area contributed by atoms with Crippen LogP contribution in [0.25, 0.3) is 0 Å². The number of carbonyl (C=O) groups is 1. The lowest BCUT2D eigenvalue weighted by atomic mass is 10.0. The van der Waals surface area contributed by atoms with Crippen LogP contribution in [-0.4, -0.2) is 50.3 Å². The first-order chi connectivity index (χ1) is 13.4. The Morgan fingerprint density at radius 2 is 1.68 bits per heavy atom. The van der Waals surface area contributed by atoms with Crippen LogP contribution in [0.4, 0.5) is 35.0 Å². The molecule has 1 unspecified atom stereocenters. The van der Waals surface area contributed by atoms with Crippen molar-refractivity contribution in [3.8, 4) is 0 Å². The molecular weight excluding hydrogens is 371 g/mol. The van der Waals surface area contributed by atoms with E-state index in [4.69, 9.17) is 4.74 Å². The van der Waals surface area contributed by atoms with E-state index in [1.54, 1.807) is 4.90 Å². The van der Waals surface area contributed by atoms with Crippen molar-refractivity contribution in [2.75, 3.05) is 43.1 Å². The molecule has 148 valence electrons. The summed E-state index contributed by atoms with van der Waals surface area (Å²) >= 11 is 0. The molecule has 0 N–H and O–H groups in total. The normalized spacial score (nSPS) is 19.1. The highest BCUT2D eigenvalue weighted by atomic mass is 19.4. The van der Waals surface area contributed by atoms with E-state index in [2.05, 4.69) is 4.90 Å². The SMILES string of the molecule is COC(=O)N1CCN2c3ccccc3N(c3ccc(C(F)(F)F)cc3)CC2C1. The molecule has 2 aromatic carbocycles. The van der Waals surface area contributed by atoms with E-state index in [1.165, 1.54) is 19.2 Å². The zero-order valence-electron chi connectivity index (χ0n) is 15.3. The molecule has 0 radical (unpaired) electrons. The summed E-state index contributed by atoms with van der Waals surface area (Å²) in [7, 11) is 1.36.